The van der Waals surface area contributed by atoms with Gasteiger partial charge in [-0.2, -0.15) is 0 Å². The third-order valence-electron chi connectivity index (χ3n) is 7.84. The third kappa shape index (κ3) is 2.76. The molecule has 1 aromatic rings. The van der Waals surface area contributed by atoms with Gasteiger partial charge in [0.15, 0.2) is 11.5 Å². The van der Waals surface area contributed by atoms with E-state index in [1.807, 2.05) is 6.07 Å². The summed E-state index contributed by atoms with van der Waals surface area (Å²) in [6.07, 6.45) is 5.41. The molecular formula is C22H31F2NO2. The van der Waals surface area contributed by atoms with E-state index in [-0.39, 0.29) is 17.9 Å². The summed E-state index contributed by atoms with van der Waals surface area (Å²) in [5.41, 5.74) is 0.338. The lowest BCUT2D eigenvalue weighted by atomic mass is 9.54. The number of halogens is 2. The Morgan fingerprint density at radius 2 is 1.70 bits per heavy atom. The number of fused-ring (bicyclic) bond motifs is 1. The minimum atomic E-state index is -2.53. The zero-order valence-corrected chi connectivity index (χ0v) is 16.7. The van der Waals surface area contributed by atoms with Gasteiger partial charge in [-0.25, -0.2) is 8.78 Å². The fourth-order valence-electron chi connectivity index (χ4n) is 6.14. The molecule has 1 heterocycles. The number of hydrogen-bond acceptors (Lipinski definition) is 3. The highest BCUT2D eigenvalue weighted by molar-refractivity contribution is 5.46. The molecule has 1 aliphatic heterocycles. The number of rotatable bonds is 3. The molecule has 0 N–H and O–H groups in total. The lowest BCUT2D eigenvalue weighted by Crippen LogP contribution is -2.56. The van der Waals surface area contributed by atoms with Gasteiger partial charge >= 0.3 is 0 Å². The van der Waals surface area contributed by atoms with E-state index in [1.165, 1.54) is 5.56 Å². The molecule has 2 aliphatic carbocycles. The predicted molar refractivity (Wildman–Crippen MR) is 102 cm³/mol. The van der Waals surface area contributed by atoms with Crippen LogP contribution in [0.4, 0.5) is 8.78 Å². The summed E-state index contributed by atoms with van der Waals surface area (Å²) >= 11 is 0. The van der Waals surface area contributed by atoms with Crippen molar-refractivity contribution in [1.29, 1.82) is 0 Å². The Morgan fingerprint density at radius 3 is 2.41 bits per heavy atom. The molecule has 0 aromatic heterocycles. The molecule has 4 rings (SSSR count). The van der Waals surface area contributed by atoms with Crippen molar-refractivity contribution in [2.45, 2.75) is 68.7 Å². The smallest absolute Gasteiger partial charge is 0.253 e. The highest BCUT2D eigenvalue weighted by Crippen LogP contribution is 2.62. The Morgan fingerprint density at radius 1 is 0.963 bits per heavy atom. The standard InChI is InChI=1S/C22H31F2NO2/c1-25-13-12-21(16-6-7-17(26-2)18(14-16)27-3)11-10-20(15-19(21)25)8-4-5-9-22(20,23)24/h6-7,14,19H,4-5,8-13,15H2,1-3H3. The van der Waals surface area contributed by atoms with E-state index in [1.54, 1.807) is 14.2 Å². The van der Waals surface area contributed by atoms with Crippen molar-refractivity contribution in [3.63, 3.8) is 0 Å². The molecule has 0 amide bonds. The number of nitrogens with zero attached hydrogens (tertiary/aromatic N) is 1. The van der Waals surface area contributed by atoms with E-state index >= 15 is 8.78 Å². The van der Waals surface area contributed by atoms with Gasteiger partial charge < -0.3 is 14.4 Å². The lowest BCUT2D eigenvalue weighted by molar-refractivity contribution is -0.177. The van der Waals surface area contributed by atoms with Gasteiger partial charge in [0.1, 0.15) is 0 Å². The van der Waals surface area contributed by atoms with Gasteiger partial charge in [-0.3, -0.25) is 0 Å². The summed E-state index contributed by atoms with van der Waals surface area (Å²) in [4.78, 5) is 2.32. The molecule has 2 saturated carbocycles. The minimum absolute atomic E-state index is 0.0623. The summed E-state index contributed by atoms with van der Waals surface area (Å²) in [5, 5.41) is 0. The van der Waals surface area contributed by atoms with Crippen molar-refractivity contribution in [2.75, 3.05) is 27.8 Å². The second-order valence-corrected chi connectivity index (χ2v) is 8.87. The highest BCUT2D eigenvalue weighted by Gasteiger charge is 2.62. The van der Waals surface area contributed by atoms with Crippen molar-refractivity contribution >= 4 is 0 Å². The first-order valence-corrected chi connectivity index (χ1v) is 10.2. The van der Waals surface area contributed by atoms with Crippen LogP contribution in [-0.2, 0) is 5.41 Å². The van der Waals surface area contributed by atoms with Crippen molar-refractivity contribution < 1.29 is 18.3 Å². The average Bonchev–Trinajstić information content (AvgIpc) is 3.01. The fourth-order valence-corrected chi connectivity index (χ4v) is 6.14. The van der Waals surface area contributed by atoms with Gasteiger partial charge in [-0.05, 0) is 69.8 Å². The molecule has 3 nitrogen and oxygen atoms in total. The number of hydrogen-bond donors (Lipinski definition) is 0. The molecule has 1 saturated heterocycles. The zero-order chi connectivity index (χ0) is 19.3. The van der Waals surface area contributed by atoms with E-state index in [0.29, 0.717) is 31.4 Å². The molecule has 150 valence electrons. The molecule has 3 fully saturated rings. The summed E-state index contributed by atoms with van der Waals surface area (Å²) in [6.45, 7) is 0.959. The Kier molecular flexibility index (Phi) is 4.65. The zero-order valence-electron chi connectivity index (χ0n) is 16.7. The van der Waals surface area contributed by atoms with E-state index in [2.05, 4.69) is 24.1 Å². The Bertz CT molecular complexity index is 710. The van der Waals surface area contributed by atoms with Crippen LogP contribution in [0.5, 0.6) is 11.5 Å². The maximum atomic E-state index is 15.0. The maximum Gasteiger partial charge on any atom is 0.253 e. The van der Waals surface area contributed by atoms with E-state index in [0.717, 1.165) is 31.6 Å². The van der Waals surface area contributed by atoms with Crippen LogP contribution >= 0.6 is 0 Å². The van der Waals surface area contributed by atoms with Crippen LogP contribution in [0.3, 0.4) is 0 Å². The van der Waals surface area contributed by atoms with Crippen LogP contribution in [0.25, 0.3) is 0 Å². The molecule has 0 bridgehead atoms. The number of likely N-dealkylation sites (N-methyl/N-ethyl adjacent to an activating group) is 1. The van der Waals surface area contributed by atoms with Crippen molar-refractivity contribution in [2.24, 2.45) is 5.41 Å². The number of benzene rings is 1. The molecule has 0 radical (unpaired) electrons. The first-order valence-electron chi connectivity index (χ1n) is 10.2. The number of ether oxygens (including phenoxy) is 2. The van der Waals surface area contributed by atoms with Crippen molar-refractivity contribution in [3.05, 3.63) is 23.8 Å². The Balaban J connectivity index is 1.71. The van der Waals surface area contributed by atoms with Crippen LogP contribution in [0, 0.1) is 5.41 Å². The quantitative estimate of drug-likeness (QED) is 0.736. The van der Waals surface area contributed by atoms with E-state index < -0.39 is 11.3 Å². The minimum Gasteiger partial charge on any atom is -0.493 e. The van der Waals surface area contributed by atoms with Gasteiger partial charge in [0, 0.05) is 23.3 Å². The number of likely N-dealkylation sites (tertiary alicyclic amines) is 1. The van der Waals surface area contributed by atoms with E-state index in [9.17, 15) is 0 Å². The van der Waals surface area contributed by atoms with Crippen molar-refractivity contribution in [1.82, 2.24) is 4.90 Å². The first kappa shape index (κ1) is 19.0. The lowest BCUT2D eigenvalue weighted by Gasteiger charge is -2.54. The number of methoxy groups -OCH3 is 2. The molecule has 1 aromatic carbocycles. The van der Waals surface area contributed by atoms with Gasteiger partial charge in [-0.15, -0.1) is 0 Å². The monoisotopic (exact) mass is 379 g/mol. The first-order chi connectivity index (χ1) is 12.9. The summed E-state index contributed by atoms with van der Waals surface area (Å²) in [6, 6.07) is 6.30. The molecule has 3 atom stereocenters. The summed E-state index contributed by atoms with van der Waals surface area (Å²) in [7, 11) is 5.39. The molecule has 3 aliphatic rings. The Hall–Kier alpha value is -1.36. The topological polar surface area (TPSA) is 21.7 Å². The Labute approximate surface area is 161 Å². The number of alkyl halides is 2. The summed E-state index contributed by atoms with van der Waals surface area (Å²) in [5.74, 6) is -1.09. The third-order valence-corrected chi connectivity index (χ3v) is 7.84. The summed E-state index contributed by atoms with van der Waals surface area (Å²) < 4.78 is 41.0. The van der Waals surface area contributed by atoms with Crippen LogP contribution in [-0.4, -0.2) is 44.7 Å². The predicted octanol–water partition coefficient (Wildman–Crippen LogP) is 5.03. The highest BCUT2D eigenvalue weighted by atomic mass is 19.3. The van der Waals surface area contributed by atoms with Crippen molar-refractivity contribution in [3.8, 4) is 11.5 Å². The average molecular weight is 379 g/mol. The van der Waals surface area contributed by atoms with Gasteiger partial charge in [-0.1, -0.05) is 12.5 Å². The van der Waals surface area contributed by atoms with Gasteiger partial charge in [0.05, 0.1) is 14.2 Å². The second-order valence-electron chi connectivity index (χ2n) is 8.87. The molecule has 5 heteroatoms. The largest absolute Gasteiger partial charge is 0.493 e. The van der Waals surface area contributed by atoms with Crippen LogP contribution < -0.4 is 9.47 Å². The molecular weight excluding hydrogens is 348 g/mol. The fraction of sp³-hybridized carbons (Fsp3) is 0.727. The van der Waals surface area contributed by atoms with Gasteiger partial charge in [0.2, 0.25) is 0 Å². The van der Waals surface area contributed by atoms with Crippen LogP contribution in [0.1, 0.15) is 56.9 Å². The van der Waals surface area contributed by atoms with E-state index in [4.69, 9.17) is 9.47 Å². The molecule has 1 spiro atoms. The van der Waals surface area contributed by atoms with Crippen LogP contribution in [0.15, 0.2) is 18.2 Å². The normalized spacial score (nSPS) is 35.8. The second kappa shape index (κ2) is 6.61. The molecule has 27 heavy (non-hydrogen) atoms. The molecule has 3 unspecified atom stereocenters. The maximum absolute atomic E-state index is 15.0. The van der Waals surface area contributed by atoms with Gasteiger partial charge in [0.25, 0.3) is 5.92 Å². The SMILES string of the molecule is COc1ccc(C23CCN(C)C2CC2(CCCCC2(F)F)CC3)cc1OC. The van der Waals surface area contributed by atoms with Crippen LogP contribution in [0.2, 0.25) is 0 Å².